The van der Waals surface area contributed by atoms with Crippen LogP contribution in [0.1, 0.15) is 30.5 Å². The third-order valence-corrected chi connectivity index (χ3v) is 10.5. The van der Waals surface area contributed by atoms with Gasteiger partial charge in [-0.05, 0) is 60.4 Å². The highest BCUT2D eigenvalue weighted by molar-refractivity contribution is 7.92. The summed E-state index contributed by atoms with van der Waals surface area (Å²) >= 11 is 19.1. The number of aryl methyl sites for hydroxylation is 1. The SMILES string of the molecule is COc1ccc(Cl)cc1N(CC(=O)N(Cc1ccc(Cl)cc1Cl)[C@@H](Cc1ccccc1)C(=O)NCC(C)C)S(=O)(=O)c1ccc(C)c([N+](=O)[O-])c1. The number of carbonyl (C=O) groups is 2. The van der Waals surface area contributed by atoms with Crippen LogP contribution in [-0.2, 0) is 32.6 Å². The summed E-state index contributed by atoms with van der Waals surface area (Å²) in [5.41, 5.74) is 0.909. The molecular formula is C36H37Cl3N4O7S. The number of carbonyl (C=O) groups excluding carboxylic acids is 2. The molecule has 0 heterocycles. The van der Waals surface area contributed by atoms with Gasteiger partial charge >= 0.3 is 0 Å². The van der Waals surface area contributed by atoms with Crippen molar-refractivity contribution in [2.24, 2.45) is 5.92 Å². The van der Waals surface area contributed by atoms with Gasteiger partial charge in [0.2, 0.25) is 11.8 Å². The Morgan fingerprint density at radius 1 is 0.941 bits per heavy atom. The number of nitrogens with one attached hydrogen (secondary N) is 1. The molecule has 11 nitrogen and oxygen atoms in total. The zero-order valence-corrected chi connectivity index (χ0v) is 31.4. The maximum Gasteiger partial charge on any atom is 0.273 e. The van der Waals surface area contributed by atoms with Gasteiger partial charge in [0.05, 0.1) is 22.6 Å². The molecule has 0 aliphatic carbocycles. The molecular weight excluding hydrogens is 739 g/mol. The van der Waals surface area contributed by atoms with Crippen LogP contribution in [0.15, 0.2) is 89.8 Å². The van der Waals surface area contributed by atoms with E-state index in [0.717, 1.165) is 15.9 Å². The van der Waals surface area contributed by atoms with Crippen molar-refractivity contribution in [1.29, 1.82) is 0 Å². The average molecular weight is 776 g/mol. The van der Waals surface area contributed by atoms with E-state index in [1.165, 1.54) is 55.3 Å². The lowest BCUT2D eigenvalue weighted by Gasteiger charge is -2.34. The van der Waals surface area contributed by atoms with Crippen molar-refractivity contribution >= 4 is 68.0 Å². The molecule has 1 atom stereocenters. The van der Waals surface area contributed by atoms with Crippen LogP contribution in [0.2, 0.25) is 15.1 Å². The van der Waals surface area contributed by atoms with Gasteiger partial charge in [0.25, 0.3) is 15.7 Å². The van der Waals surface area contributed by atoms with Gasteiger partial charge in [-0.2, -0.15) is 0 Å². The average Bonchev–Trinajstić information content (AvgIpc) is 3.08. The predicted octanol–water partition coefficient (Wildman–Crippen LogP) is 7.48. The van der Waals surface area contributed by atoms with Crippen molar-refractivity contribution in [3.8, 4) is 5.75 Å². The molecule has 0 fully saturated rings. The zero-order valence-electron chi connectivity index (χ0n) is 28.3. The van der Waals surface area contributed by atoms with Gasteiger partial charge in [-0.1, -0.05) is 91.1 Å². The Hall–Kier alpha value is -4.36. The van der Waals surface area contributed by atoms with Crippen molar-refractivity contribution in [2.45, 2.75) is 44.7 Å². The zero-order chi connectivity index (χ0) is 37.5. The number of ether oxygens (including phenoxy) is 1. The molecule has 0 unspecified atom stereocenters. The minimum Gasteiger partial charge on any atom is -0.495 e. The lowest BCUT2D eigenvalue weighted by atomic mass is 10.0. The summed E-state index contributed by atoms with van der Waals surface area (Å²) in [5.74, 6) is -1.10. The molecule has 0 bridgehead atoms. The van der Waals surface area contributed by atoms with Crippen molar-refractivity contribution < 1.29 is 27.7 Å². The van der Waals surface area contributed by atoms with Gasteiger partial charge in [0.1, 0.15) is 18.3 Å². The van der Waals surface area contributed by atoms with E-state index in [-0.39, 0.29) is 45.9 Å². The monoisotopic (exact) mass is 774 g/mol. The van der Waals surface area contributed by atoms with Crippen LogP contribution in [0, 0.1) is 23.0 Å². The molecule has 51 heavy (non-hydrogen) atoms. The number of nitro groups is 1. The third-order valence-electron chi connectivity index (χ3n) is 7.97. The minimum atomic E-state index is -4.72. The Morgan fingerprint density at radius 3 is 2.24 bits per heavy atom. The number of amides is 2. The van der Waals surface area contributed by atoms with E-state index in [1.54, 1.807) is 24.3 Å². The van der Waals surface area contributed by atoms with Crippen molar-refractivity contribution in [3.63, 3.8) is 0 Å². The molecule has 1 N–H and O–H groups in total. The molecule has 270 valence electrons. The van der Waals surface area contributed by atoms with E-state index < -0.39 is 49.9 Å². The fourth-order valence-corrected chi connectivity index (χ4v) is 7.33. The number of nitro benzene ring substituents is 1. The first-order chi connectivity index (χ1) is 24.1. The standard InChI is InChI=1S/C36H37Cl3N4O7S/c1-23(2)20-40-36(45)33(16-25-8-6-5-7-9-25)41(21-26-11-12-27(37)17-30(26)39)35(44)22-42(32-18-28(38)13-15-34(32)50-4)51(48,49)29-14-10-24(3)31(19-29)43(46)47/h5-15,17-19,23,33H,16,20-22H2,1-4H3,(H,40,45)/t33-/m0/s1. The maximum absolute atomic E-state index is 14.8. The van der Waals surface area contributed by atoms with Gasteiger partial charge < -0.3 is 15.0 Å². The number of hydrogen-bond acceptors (Lipinski definition) is 7. The summed E-state index contributed by atoms with van der Waals surface area (Å²) in [5, 5.41) is 15.4. The van der Waals surface area contributed by atoms with Crippen molar-refractivity contribution in [1.82, 2.24) is 10.2 Å². The highest BCUT2D eigenvalue weighted by Gasteiger charge is 2.36. The molecule has 0 spiro atoms. The Balaban J connectivity index is 1.91. The number of nitrogens with zero attached hydrogens (tertiary/aromatic N) is 3. The van der Waals surface area contributed by atoms with Crippen LogP contribution in [0.25, 0.3) is 0 Å². The first kappa shape index (κ1) is 39.4. The molecule has 4 rings (SSSR count). The van der Waals surface area contributed by atoms with Crippen LogP contribution in [0.3, 0.4) is 0 Å². The minimum absolute atomic E-state index is 0.0557. The molecule has 0 saturated heterocycles. The van der Waals surface area contributed by atoms with E-state index in [0.29, 0.717) is 17.1 Å². The third kappa shape index (κ3) is 9.91. The molecule has 4 aromatic carbocycles. The second-order valence-electron chi connectivity index (χ2n) is 12.1. The normalized spacial score (nSPS) is 11.9. The number of halogens is 3. The van der Waals surface area contributed by atoms with E-state index in [1.807, 2.05) is 32.0 Å². The van der Waals surface area contributed by atoms with E-state index in [9.17, 15) is 28.1 Å². The van der Waals surface area contributed by atoms with E-state index in [2.05, 4.69) is 5.32 Å². The number of methoxy groups -OCH3 is 1. The first-order valence-electron chi connectivity index (χ1n) is 15.8. The van der Waals surface area contributed by atoms with Crippen molar-refractivity contribution in [2.75, 3.05) is 24.5 Å². The first-order valence-corrected chi connectivity index (χ1v) is 18.4. The number of benzene rings is 4. The predicted molar refractivity (Wildman–Crippen MR) is 199 cm³/mol. The topological polar surface area (TPSA) is 139 Å². The summed E-state index contributed by atoms with van der Waals surface area (Å²) in [7, 11) is -3.40. The summed E-state index contributed by atoms with van der Waals surface area (Å²) in [6.45, 7) is 4.61. The second kappa shape index (κ2) is 17.2. The van der Waals surface area contributed by atoms with Gasteiger partial charge in [-0.3, -0.25) is 24.0 Å². The van der Waals surface area contributed by atoms with E-state index >= 15 is 0 Å². The summed E-state index contributed by atoms with van der Waals surface area (Å²) in [6, 6.07) is 20.4. The lowest BCUT2D eigenvalue weighted by molar-refractivity contribution is -0.385. The molecule has 0 saturated carbocycles. The molecule has 4 aromatic rings. The number of rotatable bonds is 15. The molecule has 0 radical (unpaired) electrons. The van der Waals surface area contributed by atoms with Crippen LogP contribution < -0.4 is 14.4 Å². The Labute approximate surface area is 312 Å². The van der Waals surface area contributed by atoms with Gasteiger partial charge in [-0.25, -0.2) is 8.42 Å². The summed E-state index contributed by atoms with van der Waals surface area (Å²) in [6.07, 6.45) is 0.0825. The Bertz CT molecular complexity index is 2010. The van der Waals surface area contributed by atoms with Crippen LogP contribution in [0.4, 0.5) is 11.4 Å². The van der Waals surface area contributed by atoms with Gasteiger partial charge in [0.15, 0.2) is 0 Å². The van der Waals surface area contributed by atoms with Gasteiger partial charge in [-0.15, -0.1) is 0 Å². The van der Waals surface area contributed by atoms with Crippen LogP contribution in [0.5, 0.6) is 5.75 Å². The van der Waals surface area contributed by atoms with Crippen molar-refractivity contribution in [3.05, 3.63) is 127 Å². The second-order valence-corrected chi connectivity index (χ2v) is 15.3. The summed E-state index contributed by atoms with van der Waals surface area (Å²) < 4.78 is 35.3. The number of anilines is 1. The quantitative estimate of drug-likeness (QED) is 0.0976. The number of hydrogen-bond donors (Lipinski definition) is 1. The Morgan fingerprint density at radius 2 is 1.61 bits per heavy atom. The maximum atomic E-state index is 14.8. The fraction of sp³-hybridized carbons (Fsp3) is 0.278. The molecule has 15 heteroatoms. The lowest BCUT2D eigenvalue weighted by Crippen LogP contribution is -2.53. The molecule has 0 aliphatic rings. The molecule has 0 aliphatic heterocycles. The van der Waals surface area contributed by atoms with Crippen LogP contribution in [-0.4, -0.2) is 56.3 Å². The largest absolute Gasteiger partial charge is 0.495 e. The van der Waals surface area contributed by atoms with Crippen LogP contribution >= 0.6 is 34.8 Å². The number of sulfonamides is 1. The van der Waals surface area contributed by atoms with Gasteiger partial charge in [0, 0.05) is 46.2 Å². The Kier molecular flexibility index (Phi) is 13.3. The highest BCUT2D eigenvalue weighted by atomic mass is 35.5. The molecule has 0 aromatic heterocycles. The van der Waals surface area contributed by atoms with E-state index in [4.69, 9.17) is 39.5 Å². The highest BCUT2D eigenvalue weighted by Crippen LogP contribution is 2.36. The smallest absolute Gasteiger partial charge is 0.273 e. The molecule has 2 amide bonds. The fourth-order valence-electron chi connectivity index (χ4n) is 5.25. The summed E-state index contributed by atoms with van der Waals surface area (Å²) in [4.78, 5) is 40.7.